The summed E-state index contributed by atoms with van der Waals surface area (Å²) < 4.78 is 1.78. The van der Waals surface area contributed by atoms with Gasteiger partial charge in [-0.1, -0.05) is 6.07 Å². The van der Waals surface area contributed by atoms with Crippen LogP contribution in [0.4, 0.5) is 0 Å². The Bertz CT molecular complexity index is 618. The van der Waals surface area contributed by atoms with E-state index < -0.39 is 17.9 Å². The Labute approximate surface area is 103 Å². The molecule has 2 heterocycles. The van der Waals surface area contributed by atoms with Crippen LogP contribution in [-0.4, -0.2) is 32.4 Å². The van der Waals surface area contributed by atoms with Crippen molar-refractivity contribution in [3.63, 3.8) is 0 Å². The predicted molar refractivity (Wildman–Crippen MR) is 64.5 cm³/mol. The average Bonchev–Trinajstić information content (AvgIpc) is 2.74. The van der Waals surface area contributed by atoms with E-state index in [4.69, 9.17) is 5.11 Å². The van der Waals surface area contributed by atoms with Crippen LogP contribution in [0.15, 0.2) is 24.4 Å². The maximum Gasteiger partial charge on any atom is 0.325 e. The Morgan fingerprint density at radius 3 is 2.78 bits per heavy atom. The van der Waals surface area contributed by atoms with Gasteiger partial charge in [0.25, 0.3) is 5.91 Å². The zero-order chi connectivity index (χ0) is 13.3. The number of carboxylic acids is 1. The number of rotatable bonds is 3. The number of hydrogen-bond acceptors (Lipinski definition) is 3. The van der Waals surface area contributed by atoms with Gasteiger partial charge in [0.1, 0.15) is 17.4 Å². The lowest BCUT2D eigenvalue weighted by atomic mass is 10.3. The molecule has 2 N–H and O–H groups in total. The second-order valence-electron chi connectivity index (χ2n) is 4.05. The highest BCUT2D eigenvalue weighted by atomic mass is 16.4. The number of nitrogens with one attached hydrogen (secondary N) is 1. The summed E-state index contributed by atoms with van der Waals surface area (Å²) in [4.78, 5) is 26.6. The molecular weight excluding hydrogens is 234 g/mol. The van der Waals surface area contributed by atoms with Gasteiger partial charge in [0, 0.05) is 11.9 Å². The van der Waals surface area contributed by atoms with Crippen molar-refractivity contribution in [2.24, 2.45) is 0 Å². The van der Waals surface area contributed by atoms with E-state index in [1.54, 1.807) is 16.7 Å². The maximum absolute atomic E-state index is 11.8. The summed E-state index contributed by atoms with van der Waals surface area (Å²) in [7, 11) is 0. The molecule has 0 aliphatic rings. The van der Waals surface area contributed by atoms with E-state index in [-0.39, 0.29) is 5.69 Å². The number of aliphatic carboxylic acids is 1. The monoisotopic (exact) mass is 247 g/mol. The third-order valence-corrected chi connectivity index (χ3v) is 2.65. The first kappa shape index (κ1) is 12.1. The molecule has 94 valence electrons. The first-order chi connectivity index (χ1) is 8.49. The number of carbonyl (C=O) groups excluding carboxylic acids is 1. The molecule has 1 atom stereocenters. The summed E-state index contributed by atoms with van der Waals surface area (Å²) >= 11 is 0. The Kier molecular flexibility index (Phi) is 3.01. The van der Waals surface area contributed by atoms with Gasteiger partial charge in [-0.3, -0.25) is 9.59 Å². The largest absolute Gasteiger partial charge is 0.480 e. The molecule has 0 saturated heterocycles. The lowest BCUT2D eigenvalue weighted by Crippen LogP contribution is -2.38. The molecule has 0 bridgehead atoms. The number of carboxylic acid groups (broad SMARTS) is 1. The van der Waals surface area contributed by atoms with E-state index in [9.17, 15) is 9.59 Å². The molecule has 0 saturated carbocycles. The topological polar surface area (TPSA) is 83.7 Å². The minimum absolute atomic E-state index is 0.206. The fourth-order valence-corrected chi connectivity index (χ4v) is 1.59. The zero-order valence-corrected chi connectivity index (χ0v) is 10.0. The fourth-order valence-electron chi connectivity index (χ4n) is 1.59. The van der Waals surface area contributed by atoms with Gasteiger partial charge in [0.2, 0.25) is 0 Å². The van der Waals surface area contributed by atoms with Gasteiger partial charge in [-0.15, -0.1) is 0 Å². The highest BCUT2D eigenvalue weighted by molar-refractivity contribution is 5.95. The number of aromatic nitrogens is 2. The molecular formula is C12H13N3O3. The van der Waals surface area contributed by atoms with Crippen molar-refractivity contribution in [1.82, 2.24) is 14.7 Å². The highest BCUT2D eigenvalue weighted by Crippen LogP contribution is 2.08. The number of carbonyl (C=O) groups is 2. The predicted octanol–water partition coefficient (Wildman–Crippen LogP) is 0.846. The quantitative estimate of drug-likeness (QED) is 0.842. The van der Waals surface area contributed by atoms with Gasteiger partial charge in [-0.25, -0.2) is 4.98 Å². The van der Waals surface area contributed by atoms with Crippen LogP contribution < -0.4 is 5.32 Å². The van der Waals surface area contributed by atoms with E-state index in [0.29, 0.717) is 5.65 Å². The van der Waals surface area contributed by atoms with Crippen molar-refractivity contribution in [3.05, 3.63) is 35.8 Å². The summed E-state index contributed by atoms with van der Waals surface area (Å²) in [6, 6.07) is 4.59. The number of imidazole rings is 1. The second-order valence-corrected chi connectivity index (χ2v) is 4.05. The smallest absolute Gasteiger partial charge is 0.325 e. The zero-order valence-electron chi connectivity index (χ0n) is 10.0. The average molecular weight is 247 g/mol. The standard InChI is InChI=1S/C12H13N3O3/c1-7-4-3-5-10-14-9(6-15(7)10)11(16)13-8(2)12(17)18/h3-6,8H,1-2H3,(H,13,16)(H,17,18)/t8-/m0/s1. The Morgan fingerprint density at radius 2 is 2.17 bits per heavy atom. The van der Waals surface area contributed by atoms with Crippen molar-refractivity contribution in [2.45, 2.75) is 19.9 Å². The molecule has 0 spiro atoms. The lowest BCUT2D eigenvalue weighted by Gasteiger charge is -2.06. The van der Waals surface area contributed by atoms with Crippen LogP contribution in [0, 0.1) is 6.92 Å². The first-order valence-corrected chi connectivity index (χ1v) is 5.47. The van der Waals surface area contributed by atoms with Crippen LogP contribution in [0.1, 0.15) is 23.1 Å². The molecule has 1 amide bonds. The number of amides is 1. The molecule has 6 nitrogen and oxygen atoms in total. The molecule has 0 radical (unpaired) electrons. The number of pyridine rings is 1. The summed E-state index contributed by atoms with van der Waals surface area (Å²) in [6.45, 7) is 3.30. The minimum atomic E-state index is -1.08. The van der Waals surface area contributed by atoms with Crippen LogP contribution in [0.3, 0.4) is 0 Å². The van der Waals surface area contributed by atoms with E-state index in [2.05, 4.69) is 10.3 Å². The number of nitrogens with zero attached hydrogens (tertiary/aromatic N) is 2. The molecule has 0 aromatic carbocycles. The maximum atomic E-state index is 11.8. The molecule has 0 aliphatic carbocycles. The van der Waals surface area contributed by atoms with Gasteiger partial charge >= 0.3 is 5.97 Å². The molecule has 2 rings (SSSR count). The molecule has 6 heteroatoms. The number of aryl methyl sites for hydroxylation is 1. The van der Waals surface area contributed by atoms with Crippen molar-refractivity contribution in [2.75, 3.05) is 0 Å². The third-order valence-electron chi connectivity index (χ3n) is 2.65. The summed E-state index contributed by atoms with van der Waals surface area (Å²) in [5, 5.41) is 11.1. The Hall–Kier alpha value is -2.37. The van der Waals surface area contributed by atoms with Crippen molar-refractivity contribution in [1.29, 1.82) is 0 Å². The van der Waals surface area contributed by atoms with Crippen LogP contribution in [-0.2, 0) is 4.79 Å². The van der Waals surface area contributed by atoms with E-state index in [1.165, 1.54) is 6.92 Å². The lowest BCUT2D eigenvalue weighted by molar-refractivity contribution is -0.138. The van der Waals surface area contributed by atoms with Crippen LogP contribution >= 0.6 is 0 Å². The Morgan fingerprint density at radius 1 is 1.44 bits per heavy atom. The van der Waals surface area contributed by atoms with Crippen LogP contribution in [0.5, 0.6) is 0 Å². The number of hydrogen-bond donors (Lipinski definition) is 2. The fraction of sp³-hybridized carbons (Fsp3) is 0.250. The first-order valence-electron chi connectivity index (χ1n) is 5.47. The van der Waals surface area contributed by atoms with Crippen molar-refractivity contribution >= 4 is 17.5 Å². The van der Waals surface area contributed by atoms with Gasteiger partial charge in [0.05, 0.1) is 0 Å². The molecule has 2 aromatic rings. The Balaban J connectivity index is 2.29. The van der Waals surface area contributed by atoms with E-state index >= 15 is 0 Å². The van der Waals surface area contributed by atoms with Gasteiger partial charge in [-0.2, -0.15) is 0 Å². The number of fused-ring (bicyclic) bond motifs is 1. The molecule has 0 fully saturated rings. The van der Waals surface area contributed by atoms with E-state index in [0.717, 1.165) is 5.69 Å². The summed E-state index contributed by atoms with van der Waals surface area (Å²) in [5.41, 5.74) is 1.81. The van der Waals surface area contributed by atoms with Crippen molar-refractivity contribution in [3.8, 4) is 0 Å². The normalized spacial score (nSPS) is 12.3. The molecule has 18 heavy (non-hydrogen) atoms. The van der Waals surface area contributed by atoms with Crippen LogP contribution in [0.25, 0.3) is 5.65 Å². The van der Waals surface area contributed by atoms with Gasteiger partial charge < -0.3 is 14.8 Å². The van der Waals surface area contributed by atoms with E-state index in [1.807, 2.05) is 19.1 Å². The second kappa shape index (κ2) is 4.48. The SMILES string of the molecule is Cc1cccc2nc(C(=O)N[C@@H](C)C(=O)O)cn12. The minimum Gasteiger partial charge on any atom is -0.480 e. The summed E-state index contributed by atoms with van der Waals surface area (Å²) in [6.07, 6.45) is 1.59. The molecule has 2 aromatic heterocycles. The van der Waals surface area contributed by atoms with Gasteiger partial charge in [-0.05, 0) is 26.0 Å². The van der Waals surface area contributed by atoms with Crippen molar-refractivity contribution < 1.29 is 14.7 Å². The molecule has 0 aliphatic heterocycles. The third kappa shape index (κ3) is 2.17. The highest BCUT2D eigenvalue weighted by Gasteiger charge is 2.17. The summed E-state index contributed by atoms with van der Waals surface area (Å²) in [5.74, 6) is -1.57. The molecule has 0 unspecified atom stereocenters. The van der Waals surface area contributed by atoms with Gasteiger partial charge in [0.15, 0.2) is 0 Å². The van der Waals surface area contributed by atoms with Crippen LogP contribution in [0.2, 0.25) is 0 Å².